The minimum absolute atomic E-state index is 0.114. The van der Waals surface area contributed by atoms with Gasteiger partial charge in [0.05, 0.1) is 0 Å². The van der Waals surface area contributed by atoms with Gasteiger partial charge in [-0.15, -0.1) is 0 Å². The van der Waals surface area contributed by atoms with Crippen LogP contribution >= 0.6 is 0 Å². The standard InChI is InChI=1S/C5H11N3O2/c1-3(6)2-4(9)8-5(7)10/h3H,2,6H2,1H3,(H3,7,8,9,10). The molecular formula is C5H11N3O2. The Bertz CT molecular complexity index is 144. The van der Waals surface area contributed by atoms with Crippen LogP contribution in [0, 0.1) is 0 Å². The van der Waals surface area contributed by atoms with Gasteiger partial charge in [0, 0.05) is 12.5 Å². The van der Waals surface area contributed by atoms with Crippen LogP contribution in [-0.4, -0.2) is 18.0 Å². The molecule has 0 rings (SSSR count). The van der Waals surface area contributed by atoms with Gasteiger partial charge in [-0.3, -0.25) is 10.1 Å². The maximum absolute atomic E-state index is 10.6. The SMILES string of the molecule is CC(N)CC(=O)NC(N)=O. The molecule has 5 N–H and O–H groups in total. The van der Waals surface area contributed by atoms with E-state index in [4.69, 9.17) is 5.73 Å². The lowest BCUT2D eigenvalue weighted by atomic mass is 10.2. The number of urea groups is 1. The Morgan fingerprint density at radius 3 is 2.40 bits per heavy atom. The van der Waals surface area contributed by atoms with Crippen LogP contribution < -0.4 is 16.8 Å². The summed E-state index contributed by atoms with van der Waals surface area (Å²) in [5.74, 6) is -0.442. The highest BCUT2D eigenvalue weighted by atomic mass is 16.2. The van der Waals surface area contributed by atoms with E-state index in [0.29, 0.717) is 0 Å². The second-order valence-electron chi connectivity index (χ2n) is 2.09. The first kappa shape index (κ1) is 8.90. The Balaban J connectivity index is 3.54. The average molecular weight is 145 g/mol. The maximum Gasteiger partial charge on any atom is 0.318 e. The smallest absolute Gasteiger partial charge is 0.318 e. The van der Waals surface area contributed by atoms with E-state index in [1.165, 1.54) is 0 Å². The number of rotatable bonds is 2. The van der Waals surface area contributed by atoms with Gasteiger partial charge in [-0.25, -0.2) is 4.79 Å². The minimum Gasteiger partial charge on any atom is -0.351 e. The van der Waals surface area contributed by atoms with Crippen molar-refractivity contribution < 1.29 is 9.59 Å². The molecule has 0 saturated carbocycles. The number of carbonyl (C=O) groups is 2. The zero-order valence-electron chi connectivity index (χ0n) is 5.76. The highest BCUT2D eigenvalue weighted by molar-refractivity contribution is 5.93. The molecule has 1 atom stereocenters. The van der Waals surface area contributed by atoms with Crippen molar-refractivity contribution in [1.82, 2.24) is 5.32 Å². The third-order valence-corrected chi connectivity index (χ3v) is 0.770. The first-order chi connectivity index (χ1) is 4.52. The molecule has 58 valence electrons. The molecule has 5 nitrogen and oxygen atoms in total. The third kappa shape index (κ3) is 5.04. The fraction of sp³-hybridized carbons (Fsp3) is 0.600. The summed E-state index contributed by atoms with van der Waals surface area (Å²) >= 11 is 0. The van der Waals surface area contributed by atoms with Crippen molar-refractivity contribution in [2.24, 2.45) is 11.5 Å². The molecule has 5 heteroatoms. The van der Waals surface area contributed by atoms with Crippen molar-refractivity contribution in [2.75, 3.05) is 0 Å². The van der Waals surface area contributed by atoms with Crippen LogP contribution in [0.3, 0.4) is 0 Å². The van der Waals surface area contributed by atoms with E-state index in [2.05, 4.69) is 5.73 Å². The molecule has 10 heavy (non-hydrogen) atoms. The molecule has 0 aromatic carbocycles. The van der Waals surface area contributed by atoms with Gasteiger partial charge in [0.1, 0.15) is 0 Å². The minimum atomic E-state index is -0.842. The molecule has 0 spiro atoms. The zero-order chi connectivity index (χ0) is 8.15. The van der Waals surface area contributed by atoms with E-state index < -0.39 is 11.9 Å². The predicted octanol–water partition coefficient (Wildman–Crippen LogP) is -1.08. The van der Waals surface area contributed by atoms with E-state index in [-0.39, 0.29) is 12.5 Å². The third-order valence-electron chi connectivity index (χ3n) is 0.770. The van der Waals surface area contributed by atoms with Gasteiger partial charge < -0.3 is 11.5 Å². The zero-order valence-corrected chi connectivity index (χ0v) is 5.76. The Kier molecular flexibility index (Phi) is 3.42. The summed E-state index contributed by atoms with van der Waals surface area (Å²) in [6.07, 6.45) is 0.114. The lowest BCUT2D eigenvalue weighted by Gasteiger charge is -2.02. The van der Waals surface area contributed by atoms with Crippen molar-refractivity contribution in [2.45, 2.75) is 19.4 Å². The molecule has 0 saturated heterocycles. The molecule has 0 aromatic rings. The molecule has 1 unspecified atom stereocenters. The molecule has 0 aliphatic rings. The van der Waals surface area contributed by atoms with Crippen molar-refractivity contribution in [3.63, 3.8) is 0 Å². The van der Waals surface area contributed by atoms with Crippen molar-refractivity contribution in [1.29, 1.82) is 0 Å². The fourth-order valence-electron chi connectivity index (χ4n) is 0.481. The highest BCUT2D eigenvalue weighted by Gasteiger charge is 2.05. The van der Waals surface area contributed by atoms with Crippen LogP contribution in [0.25, 0.3) is 0 Å². The van der Waals surface area contributed by atoms with E-state index in [9.17, 15) is 9.59 Å². The van der Waals surface area contributed by atoms with Gasteiger partial charge in [0.2, 0.25) is 5.91 Å². The van der Waals surface area contributed by atoms with Crippen molar-refractivity contribution in [3.05, 3.63) is 0 Å². The number of primary amides is 1. The van der Waals surface area contributed by atoms with Gasteiger partial charge in [-0.05, 0) is 6.92 Å². The number of imide groups is 1. The summed E-state index contributed by atoms with van der Waals surface area (Å²) in [5.41, 5.74) is 9.91. The average Bonchev–Trinajstić information content (AvgIpc) is 1.58. The van der Waals surface area contributed by atoms with Crippen LogP contribution in [0.1, 0.15) is 13.3 Å². The molecular weight excluding hydrogens is 134 g/mol. The molecule has 0 radical (unpaired) electrons. The van der Waals surface area contributed by atoms with Gasteiger partial charge in [0.25, 0.3) is 0 Å². The fourth-order valence-corrected chi connectivity index (χ4v) is 0.481. The molecule has 0 aliphatic heterocycles. The second-order valence-corrected chi connectivity index (χ2v) is 2.09. The highest BCUT2D eigenvalue weighted by Crippen LogP contribution is 1.83. The van der Waals surface area contributed by atoms with Crippen LogP contribution in [0.15, 0.2) is 0 Å². The molecule has 0 fully saturated rings. The van der Waals surface area contributed by atoms with Crippen molar-refractivity contribution in [3.8, 4) is 0 Å². The number of nitrogens with one attached hydrogen (secondary N) is 1. The topological polar surface area (TPSA) is 98.2 Å². The van der Waals surface area contributed by atoms with Gasteiger partial charge in [-0.1, -0.05) is 0 Å². The summed E-state index contributed by atoms with van der Waals surface area (Å²) in [6.45, 7) is 1.67. The first-order valence-corrected chi connectivity index (χ1v) is 2.87. The number of amides is 3. The number of hydrogen-bond acceptors (Lipinski definition) is 3. The van der Waals surface area contributed by atoms with E-state index in [0.717, 1.165) is 0 Å². The van der Waals surface area contributed by atoms with Crippen molar-refractivity contribution >= 4 is 11.9 Å². The number of nitrogens with two attached hydrogens (primary N) is 2. The van der Waals surface area contributed by atoms with Gasteiger partial charge >= 0.3 is 6.03 Å². The summed E-state index contributed by atoms with van der Waals surface area (Å²) in [5, 5.41) is 1.89. The summed E-state index contributed by atoms with van der Waals surface area (Å²) in [6, 6.07) is -1.09. The van der Waals surface area contributed by atoms with Crippen LogP contribution in [0.5, 0.6) is 0 Å². The Morgan fingerprint density at radius 2 is 2.10 bits per heavy atom. The summed E-state index contributed by atoms with van der Waals surface area (Å²) < 4.78 is 0. The van der Waals surface area contributed by atoms with Gasteiger partial charge in [-0.2, -0.15) is 0 Å². The monoisotopic (exact) mass is 145 g/mol. The maximum atomic E-state index is 10.6. The van der Waals surface area contributed by atoms with Gasteiger partial charge in [0.15, 0.2) is 0 Å². The summed E-state index contributed by atoms with van der Waals surface area (Å²) in [4.78, 5) is 20.6. The molecule has 3 amide bonds. The van der Waals surface area contributed by atoms with E-state index in [1.54, 1.807) is 6.92 Å². The number of hydrogen-bond donors (Lipinski definition) is 3. The van der Waals surface area contributed by atoms with E-state index in [1.807, 2.05) is 5.32 Å². The lowest BCUT2D eigenvalue weighted by Crippen LogP contribution is -2.37. The predicted molar refractivity (Wildman–Crippen MR) is 36.0 cm³/mol. The molecule has 0 heterocycles. The Hall–Kier alpha value is -1.10. The largest absolute Gasteiger partial charge is 0.351 e. The second kappa shape index (κ2) is 3.84. The Labute approximate surface area is 58.8 Å². The van der Waals surface area contributed by atoms with Crippen LogP contribution in [0.2, 0.25) is 0 Å². The number of carbonyl (C=O) groups excluding carboxylic acids is 2. The summed E-state index contributed by atoms with van der Waals surface area (Å²) in [7, 11) is 0. The Morgan fingerprint density at radius 1 is 1.60 bits per heavy atom. The normalized spacial score (nSPS) is 12.2. The van der Waals surface area contributed by atoms with E-state index >= 15 is 0 Å². The quantitative estimate of drug-likeness (QED) is 0.461. The first-order valence-electron chi connectivity index (χ1n) is 2.87. The van der Waals surface area contributed by atoms with Crippen LogP contribution in [0.4, 0.5) is 4.79 Å². The van der Waals surface area contributed by atoms with Crippen LogP contribution in [-0.2, 0) is 4.79 Å². The molecule has 0 aromatic heterocycles. The molecule has 0 aliphatic carbocycles. The molecule has 0 bridgehead atoms. The lowest BCUT2D eigenvalue weighted by molar-refractivity contribution is -0.120.